The van der Waals surface area contributed by atoms with Gasteiger partial charge in [-0.3, -0.25) is 14.9 Å². The lowest BCUT2D eigenvalue weighted by molar-refractivity contribution is 0.183. The van der Waals surface area contributed by atoms with Crippen molar-refractivity contribution in [3.8, 4) is 0 Å². The molecule has 0 saturated carbocycles. The fraction of sp³-hybridized carbons (Fsp3) is 0.296. The molecular weight excluding hydrogens is 647 g/mol. The van der Waals surface area contributed by atoms with E-state index in [0.717, 1.165) is 64.6 Å². The maximum atomic E-state index is 10.5. The minimum atomic E-state index is 0.868. The molecule has 0 bridgehead atoms. The SMILES string of the molecule is Cc1ncc(Br)c2cc(CBr)ccc12.Cc1ncc(Br)c2cc(CN3CCN([B]C=O)CC3)ccc12. The molecule has 0 spiro atoms. The highest BCUT2D eigenvalue weighted by Crippen LogP contribution is 2.27. The second-order valence-corrected chi connectivity index (χ2v) is 11.1. The van der Waals surface area contributed by atoms with Gasteiger partial charge in [0.25, 0.3) is 7.41 Å². The summed E-state index contributed by atoms with van der Waals surface area (Å²) < 4.78 is 2.10. The molecule has 0 atom stereocenters. The molecule has 0 amide bonds. The van der Waals surface area contributed by atoms with E-state index in [1.165, 1.54) is 32.7 Å². The molecular formula is C27H27BBr3N4O. The summed E-state index contributed by atoms with van der Waals surface area (Å²) in [4.78, 5) is 23.7. The molecule has 185 valence electrons. The van der Waals surface area contributed by atoms with Gasteiger partial charge in [0.2, 0.25) is 0 Å². The average Bonchev–Trinajstić information content (AvgIpc) is 2.90. The second kappa shape index (κ2) is 12.7. The topological polar surface area (TPSA) is 49.3 Å². The van der Waals surface area contributed by atoms with Gasteiger partial charge in [-0.05, 0) is 79.7 Å². The average molecular weight is 674 g/mol. The van der Waals surface area contributed by atoms with E-state index in [-0.39, 0.29) is 0 Å². The summed E-state index contributed by atoms with van der Waals surface area (Å²) >= 11 is 10.6. The Morgan fingerprint density at radius 2 is 1.36 bits per heavy atom. The zero-order valence-electron chi connectivity index (χ0n) is 20.3. The van der Waals surface area contributed by atoms with Crippen LogP contribution in [0.5, 0.6) is 0 Å². The van der Waals surface area contributed by atoms with Crippen molar-refractivity contribution in [2.75, 3.05) is 26.2 Å². The highest BCUT2D eigenvalue weighted by molar-refractivity contribution is 9.11. The number of aromatic nitrogens is 2. The van der Waals surface area contributed by atoms with Crippen LogP contribution < -0.4 is 0 Å². The third-order valence-electron chi connectivity index (χ3n) is 6.44. The molecule has 5 nitrogen and oxygen atoms in total. The number of hydrogen-bond acceptors (Lipinski definition) is 5. The molecule has 3 heterocycles. The third kappa shape index (κ3) is 6.61. The van der Waals surface area contributed by atoms with E-state index in [4.69, 9.17) is 0 Å². The van der Waals surface area contributed by atoms with Gasteiger partial charge >= 0.3 is 0 Å². The highest BCUT2D eigenvalue weighted by atomic mass is 79.9. The van der Waals surface area contributed by atoms with Crippen molar-refractivity contribution >= 4 is 82.9 Å². The van der Waals surface area contributed by atoms with Crippen molar-refractivity contribution in [3.05, 3.63) is 80.3 Å². The molecule has 1 radical (unpaired) electrons. The maximum absolute atomic E-state index is 10.5. The van der Waals surface area contributed by atoms with E-state index in [1.54, 1.807) is 7.41 Å². The Kier molecular flexibility index (Phi) is 9.69. The molecule has 0 aliphatic carbocycles. The number of piperazine rings is 1. The lowest BCUT2D eigenvalue weighted by Gasteiger charge is -2.33. The van der Waals surface area contributed by atoms with Crippen LogP contribution in [0.15, 0.2) is 57.7 Å². The van der Waals surface area contributed by atoms with Crippen LogP contribution in [0.1, 0.15) is 22.5 Å². The number of alkyl halides is 1. The van der Waals surface area contributed by atoms with Crippen LogP contribution in [0.4, 0.5) is 0 Å². The molecule has 4 aromatic rings. The van der Waals surface area contributed by atoms with Gasteiger partial charge in [0.05, 0.1) is 6.19 Å². The van der Waals surface area contributed by atoms with Crippen LogP contribution in [0.3, 0.4) is 0 Å². The quantitative estimate of drug-likeness (QED) is 0.139. The van der Waals surface area contributed by atoms with Crippen LogP contribution in [0, 0.1) is 13.8 Å². The number of carbonyl (C=O) groups excluding carboxylic acids is 1. The third-order valence-corrected chi connectivity index (χ3v) is 8.36. The molecule has 1 aliphatic rings. The Bertz CT molecular complexity index is 1380. The molecule has 1 saturated heterocycles. The number of halogens is 3. The predicted molar refractivity (Wildman–Crippen MR) is 160 cm³/mol. The lowest BCUT2D eigenvalue weighted by atomic mass is 9.93. The fourth-order valence-corrected chi connectivity index (χ4v) is 5.60. The number of fused-ring (bicyclic) bond motifs is 2. The van der Waals surface area contributed by atoms with Gasteiger partial charge in [-0.25, -0.2) is 0 Å². The van der Waals surface area contributed by atoms with Gasteiger partial charge in [0, 0.05) is 81.6 Å². The summed E-state index contributed by atoms with van der Waals surface area (Å²) in [6.45, 7) is 8.81. The van der Waals surface area contributed by atoms with E-state index in [0.29, 0.717) is 0 Å². The summed E-state index contributed by atoms with van der Waals surface area (Å²) in [7, 11) is 1.64. The summed E-state index contributed by atoms with van der Waals surface area (Å²) in [6.07, 6.45) is 4.60. The van der Waals surface area contributed by atoms with Gasteiger partial charge in [-0.15, -0.1) is 0 Å². The fourth-order valence-electron chi connectivity index (χ4n) is 4.39. The minimum absolute atomic E-state index is 0.868. The molecule has 1 fully saturated rings. The normalized spacial score (nSPS) is 14.5. The standard InChI is InChI=1S/C16H18BBrN3O.C11H9Br2N/c1-12-14-3-2-13(8-15(14)16(18)9-19-12)10-20-4-6-21(7-5-20)17-11-22;1-7-9-3-2-8(5-12)4-10(9)11(13)6-14-7/h2-3,8-9,11H,4-7,10H2,1H3;2-4,6H,5H2,1H3. The molecule has 5 rings (SSSR count). The number of hydrogen-bond donors (Lipinski definition) is 0. The number of benzene rings is 2. The molecule has 2 aromatic carbocycles. The zero-order valence-corrected chi connectivity index (χ0v) is 25.1. The van der Waals surface area contributed by atoms with Crippen LogP contribution in [-0.4, -0.2) is 59.5 Å². The van der Waals surface area contributed by atoms with Crippen LogP contribution >= 0.6 is 47.8 Å². The number of rotatable bonds is 5. The van der Waals surface area contributed by atoms with Crippen LogP contribution in [0.2, 0.25) is 0 Å². The van der Waals surface area contributed by atoms with E-state index in [1.807, 2.05) is 26.2 Å². The van der Waals surface area contributed by atoms with E-state index in [9.17, 15) is 4.79 Å². The van der Waals surface area contributed by atoms with Gasteiger partial charge in [0.15, 0.2) is 0 Å². The number of aryl methyl sites for hydroxylation is 2. The molecule has 9 heteroatoms. The van der Waals surface area contributed by atoms with Crippen molar-refractivity contribution in [3.63, 3.8) is 0 Å². The van der Waals surface area contributed by atoms with Gasteiger partial charge in [-0.2, -0.15) is 0 Å². The summed E-state index contributed by atoms with van der Waals surface area (Å²) in [6, 6.07) is 13.0. The molecule has 0 unspecified atom stereocenters. The van der Waals surface area contributed by atoms with Crippen LogP contribution in [0.25, 0.3) is 21.5 Å². The van der Waals surface area contributed by atoms with Crippen molar-refractivity contribution in [1.29, 1.82) is 0 Å². The predicted octanol–water partition coefficient (Wildman–Crippen LogP) is 6.43. The molecule has 2 aromatic heterocycles. The van der Waals surface area contributed by atoms with Crippen LogP contribution in [-0.2, 0) is 16.7 Å². The lowest BCUT2D eigenvalue weighted by Crippen LogP contribution is -2.47. The first-order valence-electron chi connectivity index (χ1n) is 11.8. The van der Waals surface area contributed by atoms with Gasteiger partial charge in [0.1, 0.15) is 0 Å². The monoisotopic (exact) mass is 671 g/mol. The van der Waals surface area contributed by atoms with Crippen molar-refractivity contribution in [2.24, 2.45) is 0 Å². The number of carbonyl (C=O) groups is 1. The van der Waals surface area contributed by atoms with Crippen molar-refractivity contribution < 1.29 is 4.79 Å². The Hall–Kier alpha value is -1.65. The van der Waals surface area contributed by atoms with Gasteiger partial charge < -0.3 is 9.61 Å². The van der Waals surface area contributed by atoms with Crippen molar-refractivity contribution in [2.45, 2.75) is 25.7 Å². The number of nitrogens with zero attached hydrogens (tertiary/aromatic N) is 4. The smallest absolute Gasteiger partial charge is 0.293 e. The molecule has 0 N–H and O–H groups in total. The minimum Gasteiger partial charge on any atom is -0.338 e. The summed E-state index contributed by atoms with van der Waals surface area (Å²) in [5.74, 6) is 0. The Morgan fingerprint density at radius 1 is 0.833 bits per heavy atom. The second-order valence-electron chi connectivity index (χ2n) is 8.87. The first-order valence-corrected chi connectivity index (χ1v) is 14.5. The van der Waals surface area contributed by atoms with E-state index >= 15 is 0 Å². The first kappa shape index (κ1) is 27.4. The largest absolute Gasteiger partial charge is 0.338 e. The highest BCUT2D eigenvalue weighted by Gasteiger charge is 2.17. The molecule has 1 aliphatic heterocycles. The maximum Gasteiger partial charge on any atom is 0.293 e. The Labute approximate surface area is 238 Å². The van der Waals surface area contributed by atoms with Gasteiger partial charge in [-0.1, -0.05) is 40.2 Å². The van der Waals surface area contributed by atoms with E-state index in [2.05, 4.69) is 104 Å². The summed E-state index contributed by atoms with van der Waals surface area (Å²) in [5.41, 5.74) is 4.72. The van der Waals surface area contributed by atoms with E-state index < -0.39 is 0 Å². The first-order chi connectivity index (χ1) is 17.4. The number of pyridine rings is 2. The Balaban J connectivity index is 0.000000187. The van der Waals surface area contributed by atoms with Crippen molar-refractivity contribution in [1.82, 2.24) is 19.7 Å². The zero-order chi connectivity index (χ0) is 25.7. The molecule has 36 heavy (non-hydrogen) atoms. The Morgan fingerprint density at radius 3 is 1.89 bits per heavy atom. The summed E-state index contributed by atoms with van der Waals surface area (Å²) in [5, 5.41) is 5.75.